The highest BCUT2D eigenvalue weighted by atomic mass is 35.5. The molecule has 0 aliphatic heterocycles. The van der Waals surface area contributed by atoms with Crippen LogP contribution in [-0.4, -0.2) is 11.1 Å². The minimum absolute atomic E-state index is 0.437. The van der Waals surface area contributed by atoms with Gasteiger partial charge in [0.25, 0.3) is 0 Å². The number of benzene rings is 1. The molecule has 0 bridgehead atoms. The van der Waals surface area contributed by atoms with Crippen LogP contribution in [0, 0.1) is 6.92 Å². The fourth-order valence-corrected chi connectivity index (χ4v) is 2.58. The van der Waals surface area contributed by atoms with Crippen molar-refractivity contribution in [2.45, 2.75) is 13.5 Å². The molecule has 1 N–H and O–H groups in total. The number of carboxylic acid groups (broad SMARTS) is 1. The summed E-state index contributed by atoms with van der Waals surface area (Å²) in [5, 5.41) is 9.21. The number of aryl methyl sites for hydroxylation is 1. The van der Waals surface area contributed by atoms with E-state index in [2.05, 4.69) is 0 Å². The average molecular weight is 309 g/mol. The van der Waals surface area contributed by atoms with Gasteiger partial charge in [0.2, 0.25) is 0 Å². The van der Waals surface area contributed by atoms with Gasteiger partial charge in [-0.25, -0.2) is 4.79 Å². The lowest BCUT2D eigenvalue weighted by Gasteiger charge is -2.08. The van der Waals surface area contributed by atoms with Gasteiger partial charge in [0.05, 0.1) is 0 Å². The number of rotatable bonds is 5. The van der Waals surface area contributed by atoms with Gasteiger partial charge in [-0.3, -0.25) is 0 Å². The van der Waals surface area contributed by atoms with Crippen LogP contribution in [0.2, 0.25) is 5.02 Å². The van der Waals surface area contributed by atoms with Gasteiger partial charge in [0.15, 0.2) is 0 Å². The second-order valence-corrected chi connectivity index (χ2v) is 5.81. The van der Waals surface area contributed by atoms with E-state index in [4.69, 9.17) is 21.4 Å². The fourth-order valence-electron chi connectivity index (χ4n) is 1.59. The maximum absolute atomic E-state index is 10.4. The first-order valence-electron chi connectivity index (χ1n) is 5.93. The summed E-state index contributed by atoms with van der Waals surface area (Å²) in [7, 11) is 0. The van der Waals surface area contributed by atoms with Gasteiger partial charge in [-0.1, -0.05) is 17.7 Å². The molecule has 0 aliphatic carbocycles. The molecule has 0 amide bonds. The Kier molecular flexibility index (Phi) is 4.82. The molecule has 1 aromatic heterocycles. The van der Waals surface area contributed by atoms with E-state index >= 15 is 0 Å². The summed E-state index contributed by atoms with van der Waals surface area (Å²) >= 11 is 7.43. The topological polar surface area (TPSA) is 46.5 Å². The molecule has 1 heterocycles. The lowest BCUT2D eigenvalue weighted by Crippen LogP contribution is -1.94. The van der Waals surface area contributed by atoms with E-state index in [1.165, 1.54) is 11.3 Å². The number of carbonyl (C=O) groups is 1. The maximum atomic E-state index is 10.4. The third kappa shape index (κ3) is 4.11. The number of aliphatic carboxylic acids is 1. The zero-order valence-electron chi connectivity index (χ0n) is 10.8. The molecule has 1 aromatic carbocycles. The first-order chi connectivity index (χ1) is 9.54. The number of ether oxygens (including phenoxy) is 1. The van der Waals surface area contributed by atoms with Crippen LogP contribution in [0.15, 0.2) is 36.4 Å². The number of thiophene rings is 1. The van der Waals surface area contributed by atoms with Crippen molar-refractivity contribution in [1.29, 1.82) is 0 Å². The van der Waals surface area contributed by atoms with Crippen molar-refractivity contribution in [2.24, 2.45) is 0 Å². The van der Waals surface area contributed by atoms with Crippen molar-refractivity contribution >= 4 is 35.0 Å². The first-order valence-corrected chi connectivity index (χ1v) is 7.13. The van der Waals surface area contributed by atoms with Crippen LogP contribution in [0.1, 0.15) is 15.3 Å². The molecule has 0 saturated carbocycles. The molecule has 2 aromatic rings. The molecule has 3 nitrogen and oxygen atoms in total. The van der Waals surface area contributed by atoms with Crippen molar-refractivity contribution in [3.05, 3.63) is 56.7 Å². The van der Waals surface area contributed by atoms with Crippen LogP contribution in [-0.2, 0) is 11.4 Å². The van der Waals surface area contributed by atoms with Crippen molar-refractivity contribution in [2.75, 3.05) is 0 Å². The zero-order chi connectivity index (χ0) is 14.5. The molecule has 0 spiro atoms. The van der Waals surface area contributed by atoms with Gasteiger partial charge in [-0.05, 0) is 42.8 Å². The average Bonchev–Trinajstić information content (AvgIpc) is 2.85. The number of carboxylic acids is 1. The Labute approximate surface area is 126 Å². The molecule has 2 rings (SSSR count). The van der Waals surface area contributed by atoms with E-state index in [0.717, 1.165) is 27.1 Å². The molecule has 0 atom stereocenters. The Morgan fingerprint density at radius 1 is 1.40 bits per heavy atom. The van der Waals surface area contributed by atoms with E-state index in [0.29, 0.717) is 11.6 Å². The van der Waals surface area contributed by atoms with Gasteiger partial charge in [-0.2, -0.15) is 0 Å². The third-order valence-electron chi connectivity index (χ3n) is 2.59. The fraction of sp³-hybridized carbons (Fsp3) is 0.133. The predicted octanol–water partition coefficient (Wildman–Crippen LogP) is 4.39. The molecule has 0 unspecified atom stereocenters. The number of halogens is 1. The van der Waals surface area contributed by atoms with E-state index in [1.54, 1.807) is 12.1 Å². The highest BCUT2D eigenvalue weighted by Gasteiger charge is 2.03. The summed E-state index contributed by atoms with van der Waals surface area (Å²) in [4.78, 5) is 12.3. The van der Waals surface area contributed by atoms with E-state index in [9.17, 15) is 4.79 Å². The summed E-state index contributed by atoms with van der Waals surface area (Å²) in [6, 6.07) is 9.31. The molecule has 0 fully saturated rings. The van der Waals surface area contributed by atoms with Crippen LogP contribution >= 0.6 is 22.9 Å². The largest absolute Gasteiger partial charge is 0.488 e. The van der Waals surface area contributed by atoms with E-state index in [-0.39, 0.29) is 0 Å². The Balaban J connectivity index is 2.01. The summed E-state index contributed by atoms with van der Waals surface area (Å²) in [6.45, 7) is 2.40. The Morgan fingerprint density at radius 2 is 2.20 bits per heavy atom. The molecule has 5 heteroatoms. The van der Waals surface area contributed by atoms with Gasteiger partial charge in [0, 0.05) is 20.9 Å². The summed E-state index contributed by atoms with van der Waals surface area (Å²) in [6.07, 6.45) is 2.69. The highest BCUT2D eigenvalue weighted by Crippen LogP contribution is 2.25. The molecule has 0 aliphatic rings. The second-order valence-electron chi connectivity index (χ2n) is 4.17. The summed E-state index contributed by atoms with van der Waals surface area (Å²) in [5.41, 5.74) is 1.02. The smallest absolute Gasteiger partial charge is 0.328 e. The van der Waals surface area contributed by atoms with Crippen molar-refractivity contribution in [3.8, 4) is 5.75 Å². The van der Waals surface area contributed by atoms with E-state index < -0.39 is 5.97 Å². The van der Waals surface area contributed by atoms with Gasteiger partial charge in [-0.15, -0.1) is 11.3 Å². The molecule has 0 saturated heterocycles. The summed E-state index contributed by atoms with van der Waals surface area (Å²) in [5.74, 6) is -0.195. The third-order valence-corrected chi connectivity index (χ3v) is 3.85. The first kappa shape index (κ1) is 14.6. The lowest BCUT2D eigenvalue weighted by atomic mass is 10.2. The molecule has 0 radical (unpaired) electrons. The molecule has 104 valence electrons. The van der Waals surface area contributed by atoms with Crippen molar-refractivity contribution in [3.63, 3.8) is 0 Å². The van der Waals surface area contributed by atoms with Crippen LogP contribution in [0.4, 0.5) is 0 Å². The maximum Gasteiger partial charge on any atom is 0.328 e. The van der Waals surface area contributed by atoms with Crippen molar-refractivity contribution in [1.82, 2.24) is 0 Å². The van der Waals surface area contributed by atoms with Crippen LogP contribution in [0.5, 0.6) is 5.75 Å². The Morgan fingerprint density at radius 3 is 2.95 bits per heavy atom. The Bertz CT molecular complexity index is 646. The minimum atomic E-state index is -0.953. The normalized spacial score (nSPS) is 10.9. The van der Waals surface area contributed by atoms with Gasteiger partial charge < -0.3 is 9.84 Å². The standard InChI is InChI=1S/C15H13ClO3S/c1-10-2-3-11(16)8-14(10)19-9-13-5-4-12(20-13)6-7-15(17)18/h2-8H,9H2,1H3,(H,17,18). The number of hydrogen-bond donors (Lipinski definition) is 1. The van der Waals surface area contributed by atoms with Crippen LogP contribution in [0.3, 0.4) is 0 Å². The molecule has 20 heavy (non-hydrogen) atoms. The predicted molar refractivity (Wildman–Crippen MR) is 81.5 cm³/mol. The zero-order valence-corrected chi connectivity index (χ0v) is 12.4. The van der Waals surface area contributed by atoms with Gasteiger partial charge in [0.1, 0.15) is 12.4 Å². The van der Waals surface area contributed by atoms with E-state index in [1.807, 2.05) is 31.2 Å². The van der Waals surface area contributed by atoms with Crippen LogP contribution < -0.4 is 4.74 Å². The van der Waals surface area contributed by atoms with Crippen LogP contribution in [0.25, 0.3) is 6.08 Å². The quantitative estimate of drug-likeness (QED) is 0.833. The second kappa shape index (κ2) is 6.59. The lowest BCUT2D eigenvalue weighted by molar-refractivity contribution is -0.131. The SMILES string of the molecule is Cc1ccc(Cl)cc1OCc1ccc(C=CC(=O)O)s1. The van der Waals surface area contributed by atoms with Crippen molar-refractivity contribution < 1.29 is 14.6 Å². The Hall–Kier alpha value is -1.78. The molecular formula is C15H13ClO3S. The minimum Gasteiger partial charge on any atom is -0.488 e. The summed E-state index contributed by atoms with van der Waals surface area (Å²) < 4.78 is 5.73. The monoisotopic (exact) mass is 308 g/mol. The molecular weight excluding hydrogens is 296 g/mol. The number of hydrogen-bond acceptors (Lipinski definition) is 3. The highest BCUT2D eigenvalue weighted by molar-refractivity contribution is 7.12. The van der Waals surface area contributed by atoms with Gasteiger partial charge >= 0.3 is 5.97 Å².